The number of rotatable bonds is 0. The average Bonchev–Trinajstić information content (AvgIpc) is 4.01. The largest absolute Gasteiger partial charge is 0.464 e. The van der Waals surface area contributed by atoms with Gasteiger partial charge in [-0.25, -0.2) is 0 Å². The molecule has 2 saturated heterocycles. The van der Waals surface area contributed by atoms with Crippen LogP contribution in [0.4, 0.5) is 0 Å². The number of benzene rings is 3. The van der Waals surface area contributed by atoms with Crippen LogP contribution in [0.15, 0.2) is 82.0 Å². The fourth-order valence-electron chi connectivity index (χ4n) is 9.00. The fourth-order valence-corrected chi connectivity index (χ4v) is 9.00. The molecule has 3 aliphatic heterocycles. The molecule has 0 radical (unpaired) electrons. The first-order valence-corrected chi connectivity index (χ1v) is 17.9. The summed E-state index contributed by atoms with van der Waals surface area (Å²) in [5, 5.41) is 13.7. The molecule has 4 aliphatic rings. The SMILES string of the molecule is O=C1NCc2c3ccoc3c(c3ccoc23)CNC(=O)c2cccc(c2)C(=O)NC[C@@H]2[C@@H]3CCO[C@@H]3[C@H](CNC(=O)c3cccc1c3)[C@@H]1CCO[C@H]21. The number of hydrogen-bond acceptors (Lipinski definition) is 8. The Labute approximate surface area is 298 Å². The summed E-state index contributed by atoms with van der Waals surface area (Å²) < 4.78 is 24.5. The molecular formula is C40H38N4O8. The van der Waals surface area contributed by atoms with Crippen molar-refractivity contribution in [3.05, 3.63) is 107 Å². The number of fused-ring (bicyclic) bond motifs is 10. The Morgan fingerprint density at radius 2 is 0.904 bits per heavy atom. The molecule has 8 bridgehead atoms. The van der Waals surface area contributed by atoms with E-state index in [1.54, 1.807) is 73.2 Å². The lowest BCUT2D eigenvalue weighted by Gasteiger charge is -2.46. The molecule has 4 amide bonds. The number of carbonyl (C=O) groups excluding carboxylic acids is 4. The molecule has 0 spiro atoms. The van der Waals surface area contributed by atoms with Crippen LogP contribution in [0.25, 0.3) is 21.9 Å². The molecule has 4 N–H and O–H groups in total. The standard InChI is InChI=1S/C40H38N4O8/c45-37-21-3-1-4-22(15-21)38(46)42-18-30-26-8-12-52-36(26)32(28-10-14-50-34(28)30)20-44-40(48)24-6-2-5-23(16-24)39(47)43-19-31-27-9-13-49-33(27)29(17-41-37)25-7-11-51-35(25)31/h1-7,9,11,13,15-16,26,28,30,32,34,36H,8,10,12,14,17-20H2,(H,41,45)(H,42,46)(H,43,47)(H,44,48)/t26-,28-,30+,32+,34-,36-/m0/s1. The fraction of sp³-hybridized carbons (Fsp3) is 0.350. The van der Waals surface area contributed by atoms with E-state index in [0.29, 0.717) is 59.7 Å². The van der Waals surface area contributed by atoms with Gasteiger partial charge in [-0.2, -0.15) is 0 Å². The molecule has 3 fully saturated rings. The summed E-state index contributed by atoms with van der Waals surface area (Å²) in [5.74, 6) is -0.827. The second kappa shape index (κ2) is 13.3. The number of hydrogen-bond donors (Lipinski definition) is 4. The van der Waals surface area contributed by atoms with E-state index in [-0.39, 0.29) is 72.6 Å². The molecule has 1 saturated carbocycles. The van der Waals surface area contributed by atoms with Crippen LogP contribution >= 0.6 is 0 Å². The van der Waals surface area contributed by atoms with Crippen molar-refractivity contribution >= 4 is 45.6 Å². The number of amides is 4. The minimum absolute atomic E-state index is 0.0423. The van der Waals surface area contributed by atoms with Gasteiger partial charge in [-0.1, -0.05) is 12.1 Å². The molecule has 5 aromatic rings. The van der Waals surface area contributed by atoms with E-state index in [1.807, 2.05) is 0 Å². The van der Waals surface area contributed by atoms with Gasteiger partial charge < -0.3 is 39.6 Å². The molecule has 12 nitrogen and oxygen atoms in total. The summed E-state index contributed by atoms with van der Waals surface area (Å²) >= 11 is 0. The van der Waals surface area contributed by atoms with Crippen LogP contribution in [0.5, 0.6) is 0 Å². The molecule has 9 rings (SSSR count). The highest BCUT2D eigenvalue weighted by molar-refractivity contribution is 6.04. The predicted octanol–water partition coefficient (Wildman–Crippen LogP) is 4.57. The Bertz CT molecular complexity index is 2000. The molecule has 6 atom stereocenters. The van der Waals surface area contributed by atoms with E-state index in [4.69, 9.17) is 18.3 Å². The minimum Gasteiger partial charge on any atom is -0.464 e. The Hall–Kier alpha value is -5.46. The molecule has 1 aliphatic carbocycles. The van der Waals surface area contributed by atoms with E-state index >= 15 is 0 Å². The lowest BCUT2D eigenvalue weighted by Crippen LogP contribution is -2.55. The van der Waals surface area contributed by atoms with Crippen LogP contribution in [0.3, 0.4) is 0 Å². The zero-order chi connectivity index (χ0) is 35.3. The molecule has 2 aromatic heterocycles. The van der Waals surface area contributed by atoms with E-state index in [9.17, 15) is 19.2 Å². The highest BCUT2D eigenvalue weighted by Crippen LogP contribution is 2.49. The third kappa shape index (κ3) is 5.62. The topological polar surface area (TPSA) is 161 Å². The Morgan fingerprint density at radius 3 is 1.33 bits per heavy atom. The minimum atomic E-state index is -0.343. The smallest absolute Gasteiger partial charge is 0.251 e. The summed E-state index contributed by atoms with van der Waals surface area (Å²) in [4.78, 5) is 54.0. The van der Waals surface area contributed by atoms with Crippen molar-refractivity contribution in [1.82, 2.24) is 21.3 Å². The molecule has 52 heavy (non-hydrogen) atoms. The number of ether oxygens (including phenoxy) is 2. The van der Waals surface area contributed by atoms with Crippen LogP contribution in [0, 0.1) is 23.7 Å². The predicted molar refractivity (Wildman–Crippen MR) is 189 cm³/mol. The maximum Gasteiger partial charge on any atom is 0.251 e. The molecule has 5 heterocycles. The summed E-state index contributed by atoms with van der Waals surface area (Å²) in [7, 11) is 0. The quantitative estimate of drug-likeness (QED) is 0.183. The van der Waals surface area contributed by atoms with Gasteiger partial charge in [-0.3, -0.25) is 19.2 Å². The van der Waals surface area contributed by atoms with Crippen molar-refractivity contribution in [2.75, 3.05) is 26.3 Å². The molecule has 0 unspecified atom stereocenters. The van der Waals surface area contributed by atoms with Gasteiger partial charge >= 0.3 is 0 Å². The summed E-state index contributed by atoms with van der Waals surface area (Å²) in [6, 6.07) is 17.0. The van der Waals surface area contributed by atoms with Gasteiger partial charge in [-0.05, 0) is 73.2 Å². The van der Waals surface area contributed by atoms with E-state index in [1.165, 1.54) is 0 Å². The van der Waals surface area contributed by atoms with E-state index in [2.05, 4.69) is 21.3 Å². The second-order valence-corrected chi connectivity index (χ2v) is 14.1. The Morgan fingerprint density at radius 1 is 0.500 bits per heavy atom. The highest BCUT2D eigenvalue weighted by Gasteiger charge is 2.55. The van der Waals surface area contributed by atoms with Crippen LogP contribution in [-0.2, 0) is 22.6 Å². The van der Waals surface area contributed by atoms with Crippen LogP contribution in [0.2, 0.25) is 0 Å². The van der Waals surface area contributed by atoms with Gasteiger partial charge in [-0.15, -0.1) is 0 Å². The number of nitrogens with one attached hydrogen (secondary N) is 4. The maximum atomic E-state index is 13.5. The van der Waals surface area contributed by atoms with Crippen LogP contribution < -0.4 is 21.3 Å². The van der Waals surface area contributed by atoms with Gasteiger partial charge in [0, 0.05) is 95.4 Å². The maximum absolute atomic E-state index is 13.5. The van der Waals surface area contributed by atoms with Gasteiger partial charge in [0.05, 0.1) is 24.7 Å². The molecule has 12 heteroatoms. The lowest BCUT2D eigenvalue weighted by atomic mass is 9.64. The van der Waals surface area contributed by atoms with Crippen molar-refractivity contribution in [2.45, 2.75) is 38.1 Å². The normalized spacial score (nSPS) is 26.8. The third-order valence-corrected chi connectivity index (χ3v) is 11.5. The number of furan rings is 2. The van der Waals surface area contributed by atoms with E-state index in [0.717, 1.165) is 34.7 Å². The van der Waals surface area contributed by atoms with Crippen molar-refractivity contribution in [1.29, 1.82) is 0 Å². The third-order valence-electron chi connectivity index (χ3n) is 11.5. The Balaban J connectivity index is 1.06. The van der Waals surface area contributed by atoms with Gasteiger partial charge in [0.1, 0.15) is 11.2 Å². The first kappa shape index (κ1) is 32.4. The zero-order valence-electron chi connectivity index (χ0n) is 28.3. The zero-order valence-corrected chi connectivity index (χ0v) is 28.3. The molecule has 266 valence electrons. The van der Waals surface area contributed by atoms with Gasteiger partial charge in [0.15, 0.2) is 0 Å². The molecular weight excluding hydrogens is 664 g/mol. The lowest BCUT2D eigenvalue weighted by molar-refractivity contribution is -0.0871. The molecule has 3 aromatic carbocycles. The monoisotopic (exact) mass is 702 g/mol. The summed E-state index contributed by atoms with van der Waals surface area (Å²) in [6.45, 7) is 2.30. The van der Waals surface area contributed by atoms with Crippen LogP contribution in [0.1, 0.15) is 65.4 Å². The van der Waals surface area contributed by atoms with Crippen molar-refractivity contribution in [3.8, 4) is 0 Å². The van der Waals surface area contributed by atoms with Gasteiger partial charge in [0.25, 0.3) is 23.6 Å². The van der Waals surface area contributed by atoms with Crippen LogP contribution in [-0.4, -0.2) is 62.1 Å². The second-order valence-electron chi connectivity index (χ2n) is 14.1. The van der Waals surface area contributed by atoms with Crippen molar-refractivity contribution in [2.24, 2.45) is 23.7 Å². The first-order valence-electron chi connectivity index (χ1n) is 17.9. The van der Waals surface area contributed by atoms with Crippen molar-refractivity contribution < 1.29 is 37.5 Å². The highest BCUT2D eigenvalue weighted by atomic mass is 16.5. The summed E-state index contributed by atoms with van der Waals surface area (Å²) in [6.07, 6.45) is 4.64. The van der Waals surface area contributed by atoms with E-state index < -0.39 is 0 Å². The Kier molecular flexibility index (Phi) is 8.27. The first-order chi connectivity index (χ1) is 25.4. The summed E-state index contributed by atoms with van der Waals surface area (Å²) in [5.41, 5.74) is 4.03. The number of carbonyl (C=O) groups is 4. The average molecular weight is 703 g/mol. The van der Waals surface area contributed by atoms with Gasteiger partial charge in [0.2, 0.25) is 0 Å². The van der Waals surface area contributed by atoms with Crippen molar-refractivity contribution in [3.63, 3.8) is 0 Å².